The average molecular weight is 339 g/mol. The molecule has 4 rings (SSSR count). The van der Waals surface area contributed by atoms with Crippen molar-refractivity contribution in [2.24, 2.45) is 7.05 Å². The number of hydrogen-bond donors (Lipinski definition) is 0. The van der Waals surface area contributed by atoms with E-state index in [4.69, 9.17) is 4.74 Å². The van der Waals surface area contributed by atoms with Gasteiger partial charge in [-0.25, -0.2) is 4.98 Å². The number of aromatic nitrogens is 2. The predicted octanol–water partition coefficient (Wildman–Crippen LogP) is 4.12. The second-order valence-electron chi connectivity index (χ2n) is 7.64. The lowest BCUT2D eigenvalue weighted by molar-refractivity contribution is 0.193. The average Bonchev–Trinajstić information content (AvgIpc) is 3.27. The quantitative estimate of drug-likeness (QED) is 0.821. The Morgan fingerprint density at radius 1 is 1.16 bits per heavy atom. The highest BCUT2D eigenvalue weighted by Crippen LogP contribution is 2.28. The molecule has 0 N–H and O–H groups in total. The summed E-state index contributed by atoms with van der Waals surface area (Å²) in [6, 6.07) is 8.71. The van der Waals surface area contributed by atoms with Gasteiger partial charge < -0.3 is 9.30 Å². The molecule has 2 aromatic rings. The fraction of sp³-hybridized carbons (Fsp3) is 0.571. The number of aryl methyl sites for hydroxylation is 1. The van der Waals surface area contributed by atoms with E-state index in [9.17, 15) is 0 Å². The first-order valence-electron chi connectivity index (χ1n) is 9.73. The first-order valence-corrected chi connectivity index (χ1v) is 9.73. The molecule has 0 spiro atoms. The van der Waals surface area contributed by atoms with Crippen molar-refractivity contribution in [2.45, 2.75) is 57.1 Å². The number of nitrogens with zero attached hydrogens (tertiary/aromatic N) is 3. The van der Waals surface area contributed by atoms with E-state index < -0.39 is 0 Å². The molecular weight excluding hydrogens is 310 g/mol. The Morgan fingerprint density at radius 3 is 2.84 bits per heavy atom. The minimum Gasteiger partial charge on any atom is -0.490 e. The summed E-state index contributed by atoms with van der Waals surface area (Å²) in [5.74, 6) is 2.82. The summed E-state index contributed by atoms with van der Waals surface area (Å²) in [6.07, 6.45) is 11.9. The summed E-state index contributed by atoms with van der Waals surface area (Å²) in [4.78, 5) is 7.14. The van der Waals surface area contributed by atoms with Crippen LogP contribution in [-0.2, 0) is 13.6 Å². The predicted molar refractivity (Wildman–Crippen MR) is 99.8 cm³/mol. The monoisotopic (exact) mass is 339 g/mol. The molecule has 1 saturated carbocycles. The van der Waals surface area contributed by atoms with Crippen LogP contribution < -0.4 is 4.74 Å². The standard InChI is InChI=1S/C21H29N3O/c1-23-13-11-22-21(23)18-7-5-12-24(16-18)15-17-6-4-10-20(14-17)25-19-8-2-3-9-19/h4,6,10-11,13-14,18-19H,2-3,5,7-9,12,15-16H2,1H3/t18-/m1/s1. The van der Waals surface area contributed by atoms with Crippen LogP contribution in [0.3, 0.4) is 0 Å². The molecular formula is C21H29N3O. The summed E-state index contributed by atoms with van der Waals surface area (Å²) >= 11 is 0. The molecule has 1 aliphatic carbocycles. The van der Waals surface area contributed by atoms with Crippen LogP contribution in [0, 0.1) is 0 Å². The number of benzene rings is 1. The number of imidazole rings is 1. The third-order valence-electron chi connectivity index (χ3n) is 5.64. The van der Waals surface area contributed by atoms with Crippen molar-refractivity contribution in [1.82, 2.24) is 14.5 Å². The molecule has 1 aliphatic heterocycles. The summed E-state index contributed by atoms with van der Waals surface area (Å²) in [6.45, 7) is 3.27. The van der Waals surface area contributed by atoms with E-state index in [1.54, 1.807) is 0 Å². The molecule has 134 valence electrons. The Labute approximate surface area is 150 Å². The fourth-order valence-electron chi connectivity index (χ4n) is 4.35. The zero-order chi connectivity index (χ0) is 17.1. The smallest absolute Gasteiger partial charge is 0.120 e. The highest BCUT2D eigenvalue weighted by Gasteiger charge is 2.24. The van der Waals surface area contributed by atoms with Gasteiger partial charge in [-0.05, 0) is 62.8 Å². The minimum atomic E-state index is 0.429. The summed E-state index contributed by atoms with van der Waals surface area (Å²) < 4.78 is 8.34. The molecule has 0 unspecified atom stereocenters. The number of piperidine rings is 1. The van der Waals surface area contributed by atoms with E-state index in [1.165, 1.54) is 56.5 Å². The molecule has 1 aromatic heterocycles. The molecule has 0 amide bonds. The van der Waals surface area contributed by atoms with Gasteiger partial charge in [0.2, 0.25) is 0 Å². The van der Waals surface area contributed by atoms with E-state index in [2.05, 4.69) is 52.0 Å². The Bertz CT molecular complexity index is 690. The lowest BCUT2D eigenvalue weighted by Gasteiger charge is -2.32. The van der Waals surface area contributed by atoms with Crippen molar-refractivity contribution in [2.75, 3.05) is 13.1 Å². The van der Waals surface area contributed by atoms with E-state index in [0.29, 0.717) is 12.0 Å². The van der Waals surface area contributed by atoms with E-state index in [0.717, 1.165) is 18.8 Å². The Hall–Kier alpha value is -1.81. The van der Waals surface area contributed by atoms with Crippen molar-refractivity contribution in [3.05, 3.63) is 48.0 Å². The van der Waals surface area contributed by atoms with Gasteiger partial charge in [0.05, 0.1) is 6.10 Å². The number of ether oxygens (including phenoxy) is 1. The molecule has 1 atom stereocenters. The fourth-order valence-corrected chi connectivity index (χ4v) is 4.35. The molecule has 4 heteroatoms. The molecule has 2 aliphatic rings. The Morgan fingerprint density at radius 2 is 2.04 bits per heavy atom. The summed E-state index contributed by atoms with van der Waals surface area (Å²) in [7, 11) is 2.10. The third kappa shape index (κ3) is 4.06. The first-order chi connectivity index (χ1) is 12.3. The summed E-state index contributed by atoms with van der Waals surface area (Å²) in [5.41, 5.74) is 1.36. The van der Waals surface area contributed by atoms with Crippen LogP contribution in [0.2, 0.25) is 0 Å². The Balaban J connectivity index is 1.38. The summed E-state index contributed by atoms with van der Waals surface area (Å²) in [5, 5.41) is 0. The molecule has 0 radical (unpaired) electrons. The zero-order valence-electron chi connectivity index (χ0n) is 15.2. The van der Waals surface area contributed by atoms with Gasteiger partial charge in [0.1, 0.15) is 11.6 Å². The maximum Gasteiger partial charge on any atom is 0.120 e. The van der Waals surface area contributed by atoms with Gasteiger partial charge in [-0.2, -0.15) is 0 Å². The van der Waals surface area contributed by atoms with Crippen LogP contribution in [0.4, 0.5) is 0 Å². The molecule has 1 saturated heterocycles. The number of hydrogen-bond acceptors (Lipinski definition) is 3. The van der Waals surface area contributed by atoms with Gasteiger partial charge in [0.25, 0.3) is 0 Å². The van der Waals surface area contributed by atoms with Gasteiger partial charge in [0.15, 0.2) is 0 Å². The minimum absolute atomic E-state index is 0.429. The van der Waals surface area contributed by atoms with Crippen LogP contribution >= 0.6 is 0 Å². The normalized spacial score (nSPS) is 22.4. The van der Waals surface area contributed by atoms with Gasteiger partial charge in [0, 0.05) is 38.4 Å². The third-order valence-corrected chi connectivity index (χ3v) is 5.64. The molecule has 4 nitrogen and oxygen atoms in total. The highest BCUT2D eigenvalue weighted by molar-refractivity contribution is 5.29. The van der Waals surface area contributed by atoms with Gasteiger partial charge in [-0.3, -0.25) is 4.90 Å². The van der Waals surface area contributed by atoms with Gasteiger partial charge in [-0.15, -0.1) is 0 Å². The van der Waals surface area contributed by atoms with Gasteiger partial charge >= 0.3 is 0 Å². The zero-order valence-corrected chi connectivity index (χ0v) is 15.2. The second-order valence-corrected chi connectivity index (χ2v) is 7.64. The van der Waals surface area contributed by atoms with Crippen LogP contribution in [0.1, 0.15) is 55.8 Å². The van der Waals surface area contributed by atoms with Crippen LogP contribution in [-0.4, -0.2) is 33.6 Å². The topological polar surface area (TPSA) is 30.3 Å². The molecule has 2 fully saturated rings. The highest BCUT2D eigenvalue weighted by atomic mass is 16.5. The van der Waals surface area contributed by atoms with E-state index in [1.807, 2.05) is 6.20 Å². The van der Waals surface area contributed by atoms with E-state index >= 15 is 0 Å². The van der Waals surface area contributed by atoms with Crippen molar-refractivity contribution < 1.29 is 4.74 Å². The molecule has 0 bridgehead atoms. The van der Waals surface area contributed by atoms with Crippen molar-refractivity contribution in [3.63, 3.8) is 0 Å². The molecule has 2 heterocycles. The van der Waals surface area contributed by atoms with Crippen molar-refractivity contribution >= 4 is 0 Å². The van der Waals surface area contributed by atoms with Crippen molar-refractivity contribution in [1.29, 1.82) is 0 Å². The Kier molecular flexibility index (Phi) is 5.07. The number of likely N-dealkylation sites (tertiary alicyclic amines) is 1. The lowest BCUT2D eigenvalue weighted by atomic mass is 9.96. The largest absolute Gasteiger partial charge is 0.490 e. The molecule has 1 aromatic carbocycles. The second kappa shape index (κ2) is 7.61. The number of rotatable bonds is 5. The van der Waals surface area contributed by atoms with Crippen LogP contribution in [0.25, 0.3) is 0 Å². The first kappa shape index (κ1) is 16.6. The van der Waals surface area contributed by atoms with E-state index in [-0.39, 0.29) is 0 Å². The van der Waals surface area contributed by atoms with Crippen LogP contribution in [0.5, 0.6) is 5.75 Å². The van der Waals surface area contributed by atoms with Crippen LogP contribution in [0.15, 0.2) is 36.7 Å². The SMILES string of the molecule is Cn1ccnc1[C@@H]1CCCN(Cc2cccc(OC3CCCC3)c2)C1. The molecule has 25 heavy (non-hydrogen) atoms. The van der Waals surface area contributed by atoms with Crippen molar-refractivity contribution in [3.8, 4) is 5.75 Å². The maximum absolute atomic E-state index is 6.17. The lowest BCUT2D eigenvalue weighted by Crippen LogP contribution is -2.34. The van der Waals surface area contributed by atoms with Gasteiger partial charge in [-0.1, -0.05) is 12.1 Å². The maximum atomic E-state index is 6.17.